The van der Waals surface area contributed by atoms with E-state index in [-0.39, 0.29) is 11.5 Å². The fourth-order valence-electron chi connectivity index (χ4n) is 1.40. The van der Waals surface area contributed by atoms with Gasteiger partial charge in [0, 0.05) is 6.20 Å². The van der Waals surface area contributed by atoms with E-state index in [1.54, 1.807) is 12.3 Å². The molecule has 2 heterocycles. The van der Waals surface area contributed by atoms with Gasteiger partial charge in [0.1, 0.15) is 18.0 Å². The molecule has 2 rings (SSSR count). The van der Waals surface area contributed by atoms with E-state index in [4.69, 9.17) is 5.73 Å². The van der Waals surface area contributed by atoms with Crippen LogP contribution >= 0.6 is 0 Å². The summed E-state index contributed by atoms with van der Waals surface area (Å²) in [5.41, 5.74) is 6.94. The van der Waals surface area contributed by atoms with Crippen LogP contribution in [0.3, 0.4) is 0 Å². The second kappa shape index (κ2) is 4.25. The highest BCUT2D eigenvalue weighted by Crippen LogP contribution is 2.16. The highest BCUT2D eigenvalue weighted by atomic mass is 16.5. The SMILES string of the molecule is COC(=O)c1ncn(-c2ccc(C)cn2)c1N. The lowest BCUT2D eigenvalue weighted by atomic mass is 10.3. The molecule has 2 N–H and O–H groups in total. The van der Waals surface area contributed by atoms with Crippen molar-refractivity contribution in [2.75, 3.05) is 12.8 Å². The minimum Gasteiger partial charge on any atom is -0.464 e. The number of aromatic nitrogens is 3. The second-order valence-electron chi connectivity index (χ2n) is 3.53. The maximum Gasteiger partial charge on any atom is 0.360 e. The number of esters is 1. The normalized spacial score (nSPS) is 10.2. The Morgan fingerprint density at radius 2 is 2.18 bits per heavy atom. The molecule has 0 spiro atoms. The van der Waals surface area contributed by atoms with E-state index in [0.29, 0.717) is 5.82 Å². The molecule has 0 fully saturated rings. The maximum absolute atomic E-state index is 11.3. The minimum absolute atomic E-state index is 0.0925. The molecule has 0 radical (unpaired) electrons. The van der Waals surface area contributed by atoms with Gasteiger partial charge >= 0.3 is 5.97 Å². The summed E-state index contributed by atoms with van der Waals surface area (Å²) < 4.78 is 6.10. The third-order valence-corrected chi connectivity index (χ3v) is 2.33. The molecule has 0 saturated heterocycles. The van der Waals surface area contributed by atoms with Crippen LogP contribution in [0.15, 0.2) is 24.7 Å². The van der Waals surface area contributed by atoms with Gasteiger partial charge in [-0.15, -0.1) is 0 Å². The van der Waals surface area contributed by atoms with Gasteiger partial charge in [-0.2, -0.15) is 0 Å². The third-order valence-electron chi connectivity index (χ3n) is 2.33. The Kier molecular flexibility index (Phi) is 2.78. The van der Waals surface area contributed by atoms with Crippen LogP contribution in [0.1, 0.15) is 16.1 Å². The number of ether oxygens (including phenoxy) is 1. The number of nitrogens with two attached hydrogens (primary N) is 1. The zero-order chi connectivity index (χ0) is 12.4. The Bertz CT molecular complexity index is 545. The predicted molar refractivity (Wildman–Crippen MR) is 61.8 cm³/mol. The Hall–Kier alpha value is -2.37. The summed E-state index contributed by atoms with van der Waals surface area (Å²) in [4.78, 5) is 19.4. The monoisotopic (exact) mass is 232 g/mol. The number of carbonyl (C=O) groups excluding carboxylic acids is 1. The molecule has 0 aliphatic rings. The molecular formula is C11H12N4O2. The molecule has 0 aliphatic carbocycles. The topological polar surface area (TPSA) is 83.0 Å². The molecule has 0 aromatic carbocycles. The maximum atomic E-state index is 11.3. The molecule has 6 heteroatoms. The van der Waals surface area contributed by atoms with E-state index in [1.807, 2.05) is 13.0 Å². The van der Waals surface area contributed by atoms with Crippen LogP contribution in [0.4, 0.5) is 5.82 Å². The molecule has 0 atom stereocenters. The van der Waals surface area contributed by atoms with Gasteiger partial charge in [0.15, 0.2) is 5.69 Å². The molecule has 88 valence electrons. The third kappa shape index (κ3) is 1.96. The standard InChI is InChI=1S/C11H12N4O2/c1-7-3-4-8(13-5-7)15-6-14-9(10(15)12)11(16)17-2/h3-6H,12H2,1-2H3. The average molecular weight is 232 g/mol. The summed E-state index contributed by atoms with van der Waals surface area (Å²) in [6, 6.07) is 3.70. The number of imidazole rings is 1. The number of nitrogen functional groups attached to an aromatic ring is 1. The summed E-state index contributed by atoms with van der Waals surface area (Å²) in [6.07, 6.45) is 3.16. The van der Waals surface area contributed by atoms with Crippen LogP contribution in [-0.2, 0) is 4.74 Å². The van der Waals surface area contributed by atoms with Crippen molar-refractivity contribution in [2.45, 2.75) is 6.92 Å². The lowest BCUT2D eigenvalue weighted by molar-refractivity contribution is 0.0596. The van der Waals surface area contributed by atoms with Gasteiger partial charge in [0.2, 0.25) is 0 Å². The van der Waals surface area contributed by atoms with Gasteiger partial charge in [0.25, 0.3) is 0 Å². The van der Waals surface area contributed by atoms with Crippen LogP contribution in [0.5, 0.6) is 0 Å². The van der Waals surface area contributed by atoms with Crippen molar-refractivity contribution in [3.05, 3.63) is 35.9 Å². The van der Waals surface area contributed by atoms with Crippen molar-refractivity contribution >= 4 is 11.8 Å². The molecular weight excluding hydrogens is 220 g/mol. The van der Waals surface area contributed by atoms with Crippen LogP contribution < -0.4 is 5.73 Å². The minimum atomic E-state index is -0.562. The first-order valence-corrected chi connectivity index (χ1v) is 4.97. The summed E-state index contributed by atoms with van der Waals surface area (Å²) >= 11 is 0. The van der Waals surface area contributed by atoms with Crippen LogP contribution in [0.2, 0.25) is 0 Å². The Morgan fingerprint density at radius 3 is 2.76 bits per heavy atom. The van der Waals surface area contributed by atoms with Gasteiger partial charge in [-0.05, 0) is 18.6 Å². The van der Waals surface area contributed by atoms with Crippen molar-refractivity contribution in [3.8, 4) is 5.82 Å². The first-order chi connectivity index (χ1) is 8.13. The van der Waals surface area contributed by atoms with Crippen molar-refractivity contribution in [3.63, 3.8) is 0 Å². The summed E-state index contributed by atoms with van der Waals surface area (Å²) in [5.74, 6) is 0.261. The fraction of sp³-hybridized carbons (Fsp3) is 0.182. The molecule has 0 saturated carbocycles. The lowest BCUT2D eigenvalue weighted by Crippen LogP contribution is -2.08. The summed E-state index contributed by atoms with van der Waals surface area (Å²) in [7, 11) is 1.28. The molecule has 0 aliphatic heterocycles. The van der Waals surface area contributed by atoms with E-state index < -0.39 is 5.97 Å². The molecule has 2 aromatic rings. The summed E-state index contributed by atoms with van der Waals surface area (Å²) in [5, 5.41) is 0. The van der Waals surface area contributed by atoms with E-state index in [1.165, 1.54) is 18.0 Å². The van der Waals surface area contributed by atoms with E-state index in [2.05, 4.69) is 14.7 Å². The van der Waals surface area contributed by atoms with Crippen molar-refractivity contribution in [1.82, 2.24) is 14.5 Å². The molecule has 0 amide bonds. The number of pyridine rings is 1. The fourth-order valence-corrected chi connectivity index (χ4v) is 1.40. The average Bonchev–Trinajstić information content (AvgIpc) is 2.71. The van der Waals surface area contributed by atoms with Crippen LogP contribution in [0.25, 0.3) is 5.82 Å². The van der Waals surface area contributed by atoms with Gasteiger partial charge in [-0.25, -0.2) is 14.8 Å². The van der Waals surface area contributed by atoms with Crippen molar-refractivity contribution in [2.24, 2.45) is 0 Å². The smallest absolute Gasteiger partial charge is 0.360 e. The number of carbonyl (C=O) groups is 1. The lowest BCUT2D eigenvalue weighted by Gasteiger charge is -2.04. The Balaban J connectivity index is 2.44. The van der Waals surface area contributed by atoms with Crippen molar-refractivity contribution < 1.29 is 9.53 Å². The number of hydrogen-bond donors (Lipinski definition) is 1. The summed E-state index contributed by atoms with van der Waals surface area (Å²) in [6.45, 7) is 1.94. The second-order valence-corrected chi connectivity index (χ2v) is 3.53. The zero-order valence-corrected chi connectivity index (χ0v) is 9.54. The molecule has 17 heavy (non-hydrogen) atoms. The Labute approximate surface area is 98.1 Å². The van der Waals surface area contributed by atoms with E-state index >= 15 is 0 Å². The number of methoxy groups -OCH3 is 1. The largest absolute Gasteiger partial charge is 0.464 e. The molecule has 0 bridgehead atoms. The zero-order valence-electron chi connectivity index (χ0n) is 9.54. The number of nitrogens with zero attached hydrogens (tertiary/aromatic N) is 3. The van der Waals surface area contributed by atoms with Crippen LogP contribution in [-0.4, -0.2) is 27.6 Å². The number of anilines is 1. The van der Waals surface area contributed by atoms with Gasteiger partial charge in [-0.1, -0.05) is 6.07 Å². The quantitative estimate of drug-likeness (QED) is 0.779. The van der Waals surface area contributed by atoms with Gasteiger partial charge < -0.3 is 10.5 Å². The number of rotatable bonds is 2. The number of hydrogen-bond acceptors (Lipinski definition) is 5. The van der Waals surface area contributed by atoms with Gasteiger partial charge in [0.05, 0.1) is 7.11 Å². The van der Waals surface area contributed by atoms with E-state index in [0.717, 1.165) is 5.56 Å². The molecule has 2 aromatic heterocycles. The Morgan fingerprint density at radius 1 is 1.41 bits per heavy atom. The van der Waals surface area contributed by atoms with E-state index in [9.17, 15) is 4.79 Å². The first-order valence-electron chi connectivity index (χ1n) is 4.97. The van der Waals surface area contributed by atoms with Gasteiger partial charge in [-0.3, -0.25) is 4.57 Å². The van der Waals surface area contributed by atoms with Crippen LogP contribution in [0, 0.1) is 6.92 Å². The first kappa shape index (κ1) is 11.1. The molecule has 0 unspecified atom stereocenters. The molecule has 6 nitrogen and oxygen atoms in total. The highest BCUT2D eigenvalue weighted by molar-refractivity contribution is 5.92. The highest BCUT2D eigenvalue weighted by Gasteiger charge is 2.17. The van der Waals surface area contributed by atoms with Crippen molar-refractivity contribution in [1.29, 1.82) is 0 Å². The predicted octanol–water partition coefficient (Wildman–Crippen LogP) is 0.945. The number of aryl methyl sites for hydroxylation is 1.